The number of halogens is 1. The summed E-state index contributed by atoms with van der Waals surface area (Å²) in [5, 5.41) is 9.09. The molecule has 0 aromatic heterocycles. The van der Waals surface area contributed by atoms with Gasteiger partial charge in [0.15, 0.2) is 0 Å². The number of para-hydroxylation sites is 1. The van der Waals surface area contributed by atoms with E-state index in [-0.39, 0.29) is 24.5 Å². The van der Waals surface area contributed by atoms with Crippen molar-refractivity contribution >= 4 is 24.1 Å². The highest BCUT2D eigenvalue weighted by Gasteiger charge is 2.24. The maximum atomic E-state index is 11.3. The van der Waals surface area contributed by atoms with E-state index in [1.807, 2.05) is 0 Å². The zero-order chi connectivity index (χ0) is 13.9. The SMILES string of the molecule is CNC(=O)NC1CCN(Cc2cccc3c2NCC3)C1.Cl. The minimum atomic E-state index is -0.0841. The summed E-state index contributed by atoms with van der Waals surface area (Å²) < 4.78 is 0. The zero-order valence-corrected chi connectivity index (χ0v) is 13.1. The van der Waals surface area contributed by atoms with Gasteiger partial charge in [-0.2, -0.15) is 0 Å². The molecule has 1 unspecified atom stereocenters. The van der Waals surface area contributed by atoms with Crippen LogP contribution in [0, 0.1) is 0 Å². The van der Waals surface area contributed by atoms with Crippen LogP contribution in [0.5, 0.6) is 0 Å². The molecule has 0 bridgehead atoms. The van der Waals surface area contributed by atoms with E-state index in [4.69, 9.17) is 0 Å². The quantitative estimate of drug-likeness (QED) is 0.794. The van der Waals surface area contributed by atoms with Gasteiger partial charge < -0.3 is 16.0 Å². The van der Waals surface area contributed by atoms with Crippen LogP contribution in [0.4, 0.5) is 10.5 Å². The zero-order valence-electron chi connectivity index (χ0n) is 12.3. The first-order valence-electron chi connectivity index (χ1n) is 7.31. The standard InChI is InChI=1S/C15H22N4O.ClH/c1-16-15(20)18-13-6-8-19(10-13)9-12-4-2-3-11-5-7-17-14(11)12;/h2-4,13,17H,5-10H2,1H3,(H2,16,18,20);1H. The minimum absolute atomic E-state index is 0. The van der Waals surface area contributed by atoms with Gasteiger partial charge in [-0.15, -0.1) is 12.4 Å². The smallest absolute Gasteiger partial charge is 0.314 e. The molecule has 2 amide bonds. The van der Waals surface area contributed by atoms with Crippen molar-refractivity contribution in [3.8, 4) is 0 Å². The van der Waals surface area contributed by atoms with E-state index in [0.29, 0.717) is 0 Å². The number of anilines is 1. The third kappa shape index (κ3) is 3.60. The molecule has 0 spiro atoms. The highest BCUT2D eigenvalue weighted by molar-refractivity contribution is 5.85. The molecular weight excluding hydrogens is 288 g/mol. The monoisotopic (exact) mass is 310 g/mol. The lowest BCUT2D eigenvalue weighted by atomic mass is 10.1. The summed E-state index contributed by atoms with van der Waals surface area (Å²) in [5.74, 6) is 0. The number of carbonyl (C=O) groups is 1. The summed E-state index contributed by atoms with van der Waals surface area (Å²) in [6.07, 6.45) is 2.15. The largest absolute Gasteiger partial charge is 0.384 e. The van der Waals surface area contributed by atoms with Gasteiger partial charge >= 0.3 is 6.03 Å². The number of hydrogen-bond acceptors (Lipinski definition) is 3. The van der Waals surface area contributed by atoms with Crippen LogP contribution in [0.1, 0.15) is 17.5 Å². The Bertz CT molecular complexity index is 508. The Morgan fingerprint density at radius 1 is 1.48 bits per heavy atom. The Balaban J connectivity index is 0.00000161. The molecule has 1 aromatic rings. The van der Waals surface area contributed by atoms with Crippen LogP contribution in [0.15, 0.2) is 18.2 Å². The molecule has 2 aliphatic heterocycles. The van der Waals surface area contributed by atoms with Crippen molar-refractivity contribution in [2.24, 2.45) is 0 Å². The molecule has 2 aliphatic rings. The maximum absolute atomic E-state index is 11.3. The molecule has 5 nitrogen and oxygen atoms in total. The number of fused-ring (bicyclic) bond motifs is 1. The first kappa shape index (κ1) is 15.9. The normalized spacial score (nSPS) is 20.3. The number of likely N-dealkylation sites (tertiary alicyclic amines) is 1. The van der Waals surface area contributed by atoms with E-state index in [0.717, 1.165) is 39.0 Å². The Labute approximate surface area is 131 Å². The Hall–Kier alpha value is -1.46. The summed E-state index contributed by atoms with van der Waals surface area (Å²) in [6.45, 7) is 3.98. The molecule has 21 heavy (non-hydrogen) atoms. The molecule has 3 rings (SSSR count). The Morgan fingerprint density at radius 3 is 3.14 bits per heavy atom. The van der Waals surface area contributed by atoms with Crippen molar-refractivity contribution in [2.45, 2.75) is 25.4 Å². The highest BCUT2D eigenvalue weighted by atomic mass is 35.5. The topological polar surface area (TPSA) is 56.4 Å². The van der Waals surface area contributed by atoms with Crippen LogP contribution in [0.25, 0.3) is 0 Å². The van der Waals surface area contributed by atoms with Crippen molar-refractivity contribution < 1.29 is 4.79 Å². The summed E-state index contributed by atoms with van der Waals surface area (Å²) in [5.41, 5.74) is 4.14. The molecule has 1 atom stereocenters. The number of nitrogens with zero attached hydrogens (tertiary/aromatic N) is 1. The number of hydrogen-bond donors (Lipinski definition) is 3. The van der Waals surface area contributed by atoms with Gasteiger partial charge in [0, 0.05) is 45.0 Å². The lowest BCUT2D eigenvalue weighted by molar-refractivity contribution is 0.238. The molecule has 0 aliphatic carbocycles. The van der Waals surface area contributed by atoms with Crippen molar-refractivity contribution in [1.82, 2.24) is 15.5 Å². The van der Waals surface area contributed by atoms with E-state index in [1.165, 1.54) is 16.8 Å². The van der Waals surface area contributed by atoms with E-state index in [2.05, 4.69) is 39.0 Å². The average molecular weight is 311 g/mol. The van der Waals surface area contributed by atoms with Gasteiger partial charge in [0.1, 0.15) is 0 Å². The predicted octanol–water partition coefficient (Wildman–Crippen LogP) is 1.58. The van der Waals surface area contributed by atoms with Crippen LogP contribution in [-0.2, 0) is 13.0 Å². The van der Waals surface area contributed by atoms with Crippen LogP contribution >= 0.6 is 12.4 Å². The Morgan fingerprint density at radius 2 is 2.33 bits per heavy atom. The lowest BCUT2D eigenvalue weighted by Crippen LogP contribution is -2.41. The second-order valence-electron chi connectivity index (χ2n) is 5.57. The van der Waals surface area contributed by atoms with Gasteiger partial charge in [0.25, 0.3) is 0 Å². The first-order chi connectivity index (χ1) is 9.76. The first-order valence-corrected chi connectivity index (χ1v) is 7.31. The molecular formula is C15H23ClN4O. The van der Waals surface area contributed by atoms with Crippen LogP contribution in [0.3, 0.4) is 0 Å². The fourth-order valence-corrected chi connectivity index (χ4v) is 3.14. The van der Waals surface area contributed by atoms with Crippen molar-refractivity contribution in [2.75, 3.05) is 32.0 Å². The van der Waals surface area contributed by atoms with Gasteiger partial charge in [0.2, 0.25) is 0 Å². The van der Waals surface area contributed by atoms with Gasteiger partial charge in [-0.3, -0.25) is 4.90 Å². The molecule has 1 saturated heterocycles. The molecule has 2 heterocycles. The van der Waals surface area contributed by atoms with Crippen molar-refractivity contribution in [3.63, 3.8) is 0 Å². The summed E-state index contributed by atoms with van der Waals surface area (Å²) in [7, 11) is 1.65. The number of amides is 2. The van der Waals surface area contributed by atoms with Gasteiger partial charge in [-0.1, -0.05) is 18.2 Å². The molecule has 0 radical (unpaired) electrons. The Kier molecular flexibility index (Phi) is 5.31. The van der Waals surface area contributed by atoms with Gasteiger partial charge in [0.05, 0.1) is 0 Å². The third-order valence-electron chi connectivity index (χ3n) is 4.16. The van der Waals surface area contributed by atoms with Gasteiger partial charge in [-0.25, -0.2) is 4.79 Å². The average Bonchev–Trinajstić information content (AvgIpc) is 3.08. The number of carbonyl (C=O) groups excluding carboxylic acids is 1. The molecule has 6 heteroatoms. The van der Waals surface area contributed by atoms with Crippen LogP contribution in [0.2, 0.25) is 0 Å². The maximum Gasteiger partial charge on any atom is 0.314 e. The summed E-state index contributed by atoms with van der Waals surface area (Å²) in [4.78, 5) is 13.7. The summed E-state index contributed by atoms with van der Waals surface area (Å²) in [6, 6.07) is 6.74. The second-order valence-corrected chi connectivity index (χ2v) is 5.57. The number of nitrogens with one attached hydrogen (secondary N) is 3. The van der Waals surface area contributed by atoms with Crippen LogP contribution in [-0.4, -0.2) is 43.7 Å². The number of benzene rings is 1. The molecule has 1 fully saturated rings. The van der Waals surface area contributed by atoms with E-state index < -0.39 is 0 Å². The fraction of sp³-hybridized carbons (Fsp3) is 0.533. The van der Waals surface area contributed by atoms with E-state index >= 15 is 0 Å². The number of rotatable bonds is 3. The molecule has 3 N–H and O–H groups in total. The molecule has 1 aromatic carbocycles. The fourth-order valence-electron chi connectivity index (χ4n) is 3.14. The summed E-state index contributed by atoms with van der Waals surface area (Å²) >= 11 is 0. The highest BCUT2D eigenvalue weighted by Crippen LogP contribution is 2.28. The van der Waals surface area contributed by atoms with E-state index in [1.54, 1.807) is 7.05 Å². The minimum Gasteiger partial charge on any atom is -0.384 e. The van der Waals surface area contributed by atoms with Crippen LogP contribution < -0.4 is 16.0 Å². The third-order valence-corrected chi connectivity index (χ3v) is 4.16. The van der Waals surface area contributed by atoms with E-state index in [9.17, 15) is 4.79 Å². The molecule has 116 valence electrons. The molecule has 0 saturated carbocycles. The van der Waals surface area contributed by atoms with Gasteiger partial charge in [-0.05, 0) is 24.0 Å². The number of urea groups is 1. The van der Waals surface area contributed by atoms with Crippen molar-refractivity contribution in [3.05, 3.63) is 29.3 Å². The van der Waals surface area contributed by atoms with Crippen molar-refractivity contribution in [1.29, 1.82) is 0 Å². The predicted molar refractivity (Wildman–Crippen MR) is 87.2 cm³/mol. The second kappa shape index (κ2) is 7.00. The lowest BCUT2D eigenvalue weighted by Gasteiger charge is -2.18.